The first kappa shape index (κ1) is 19.5. The molecule has 0 aromatic heterocycles. The van der Waals surface area contributed by atoms with Gasteiger partial charge in [0.1, 0.15) is 11.5 Å². The van der Waals surface area contributed by atoms with Crippen molar-refractivity contribution in [3.8, 4) is 11.5 Å². The molecule has 0 saturated carbocycles. The predicted molar refractivity (Wildman–Crippen MR) is 99.9 cm³/mol. The maximum atomic E-state index is 12.1. The summed E-state index contributed by atoms with van der Waals surface area (Å²) < 4.78 is 36.2. The van der Waals surface area contributed by atoms with Crippen LogP contribution < -0.4 is 19.5 Å². The van der Waals surface area contributed by atoms with Gasteiger partial charge in [0.25, 0.3) is 0 Å². The second-order valence-corrected chi connectivity index (χ2v) is 7.09. The van der Waals surface area contributed by atoms with E-state index in [1.165, 1.54) is 25.3 Å². The summed E-state index contributed by atoms with van der Waals surface area (Å²) in [7, 11) is 0.837. The van der Waals surface area contributed by atoms with Crippen molar-refractivity contribution < 1.29 is 22.7 Å². The first-order chi connectivity index (χ1) is 12.4. The van der Waals surface area contributed by atoms with Crippen LogP contribution >= 0.6 is 0 Å². The van der Waals surface area contributed by atoms with Gasteiger partial charge >= 0.3 is 0 Å². The first-order valence-corrected chi connectivity index (χ1v) is 9.12. The van der Waals surface area contributed by atoms with Crippen LogP contribution in [0.3, 0.4) is 0 Å². The van der Waals surface area contributed by atoms with Crippen LogP contribution in [0.25, 0.3) is 6.08 Å². The second-order valence-electron chi connectivity index (χ2n) is 5.20. The number of sulfonamides is 1. The zero-order valence-corrected chi connectivity index (χ0v) is 15.5. The standard InChI is InChI=1S/C18H20N2O5S/c1-19-26(22,23)17-6-4-5-14(11-17)20-18(21)8-7-13-9-15(24-2)12-16(10-13)25-3/h4-12,19H,1-3H3,(H,20,21)/b8-7+. The van der Waals surface area contributed by atoms with Crippen molar-refractivity contribution in [3.05, 3.63) is 54.1 Å². The number of rotatable bonds is 7. The highest BCUT2D eigenvalue weighted by atomic mass is 32.2. The minimum Gasteiger partial charge on any atom is -0.497 e. The summed E-state index contributed by atoms with van der Waals surface area (Å²) in [6.07, 6.45) is 2.95. The monoisotopic (exact) mass is 376 g/mol. The Balaban J connectivity index is 2.14. The van der Waals surface area contributed by atoms with E-state index >= 15 is 0 Å². The van der Waals surface area contributed by atoms with E-state index in [0.29, 0.717) is 17.2 Å². The minimum atomic E-state index is -3.57. The average molecular weight is 376 g/mol. The maximum absolute atomic E-state index is 12.1. The van der Waals surface area contributed by atoms with Crippen molar-refractivity contribution in [2.75, 3.05) is 26.6 Å². The Morgan fingerprint density at radius 3 is 2.27 bits per heavy atom. The number of hydrogen-bond acceptors (Lipinski definition) is 5. The molecule has 0 aliphatic rings. The van der Waals surface area contributed by atoms with E-state index in [9.17, 15) is 13.2 Å². The fourth-order valence-corrected chi connectivity index (χ4v) is 2.92. The Hall–Kier alpha value is -2.84. The van der Waals surface area contributed by atoms with E-state index in [0.717, 1.165) is 5.56 Å². The summed E-state index contributed by atoms with van der Waals surface area (Å²) >= 11 is 0. The van der Waals surface area contributed by atoms with Crippen molar-refractivity contribution in [1.29, 1.82) is 0 Å². The van der Waals surface area contributed by atoms with Crippen LogP contribution in [0.2, 0.25) is 0 Å². The lowest BCUT2D eigenvalue weighted by Gasteiger charge is -2.07. The third-order valence-corrected chi connectivity index (χ3v) is 4.89. The molecule has 26 heavy (non-hydrogen) atoms. The second kappa shape index (κ2) is 8.50. The van der Waals surface area contributed by atoms with Crippen LogP contribution in [0.15, 0.2) is 53.4 Å². The molecule has 138 valence electrons. The van der Waals surface area contributed by atoms with Crippen molar-refractivity contribution in [1.82, 2.24) is 4.72 Å². The lowest BCUT2D eigenvalue weighted by Crippen LogP contribution is -2.18. The molecule has 0 bridgehead atoms. The zero-order valence-electron chi connectivity index (χ0n) is 14.6. The molecule has 2 aromatic rings. The predicted octanol–water partition coefficient (Wildman–Crippen LogP) is 2.26. The summed E-state index contributed by atoms with van der Waals surface area (Å²) in [6.45, 7) is 0. The zero-order chi connectivity index (χ0) is 19.2. The van der Waals surface area contributed by atoms with Gasteiger partial charge in [-0.3, -0.25) is 4.79 Å². The van der Waals surface area contributed by atoms with Gasteiger partial charge in [-0.15, -0.1) is 0 Å². The van der Waals surface area contributed by atoms with Gasteiger partial charge in [-0.1, -0.05) is 6.07 Å². The molecule has 2 aromatic carbocycles. The van der Waals surface area contributed by atoms with Gasteiger partial charge in [-0.25, -0.2) is 13.1 Å². The SMILES string of the molecule is CNS(=O)(=O)c1cccc(NC(=O)/C=C/c2cc(OC)cc(OC)c2)c1. The average Bonchev–Trinajstić information content (AvgIpc) is 2.66. The van der Waals surface area contributed by atoms with Crippen molar-refractivity contribution in [3.63, 3.8) is 0 Å². The number of anilines is 1. The molecule has 0 heterocycles. The van der Waals surface area contributed by atoms with E-state index in [4.69, 9.17) is 9.47 Å². The largest absolute Gasteiger partial charge is 0.497 e. The fourth-order valence-electron chi connectivity index (χ4n) is 2.14. The fraction of sp³-hybridized carbons (Fsp3) is 0.167. The van der Waals surface area contributed by atoms with Gasteiger partial charge in [0.2, 0.25) is 15.9 Å². The van der Waals surface area contributed by atoms with Gasteiger partial charge in [0, 0.05) is 17.8 Å². The highest BCUT2D eigenvalue weighted by Gasteiger charge is 2.11. The molecule has 0 saturated heterocycles. The van der Waals surface area contributed by atoms with Crippen LogP contribution in [0.5, 0.6) is 11.5 Å². The lowest BCUT2D eigenvalue weighted by molar-refractivity contribution is -0.111. The van der Waals surface area contributed by atoms with Crippen LogP contribution in [-0.4, -0.2) is 35.6 Å². The Morgan fingerprint density at radius 1 is 1.04 bits per heavy atom. The molecule has 0 aliphatic carbocycles. The molecule has 2 rings (SSSR count). The van der Waals surface area contributed by atoms with Crippen LogP contribution in [0.4, 0.5) is 5.69 Å². The van der Waals surface area contributed by atoms with Gasteiger partial charge in [-0.05, 0) is 49.0 Å². The summed E-state index contributed by atoms with van der Waals surface area (Å²) in [5, 5.41) is 2.63. The number of amides is 1. The number of nitrogens with one attached hydrogen (secondary N) is 2. The Labute approximate surface area is 152 Å². The molecule has 0 aliphatic heterocycles. The van der Waals surface area contributed by atoms with Crippen LogP contribution in [0.1, 0.15) is 5.56 Å². The number of methoxy groups -OCH3 is 2. The molecule has 2 N–H and O–H groups in total. The van der Waals surface area contributed by atoms with Gasteiger partial charge < -0.3 is 14.8 Å². The smallest absolute Gasteiger partial charge is 0.248 e. The Bertz CT molecular complexity index is 901. The van der Waals surface area contributed by atoms with E-state index in [2.05, 4.69) is 10.0 Å². The molecule has 7 nitrogen and oxygen atoms in total. The molecule has 8 heteroatoms. The Kier molecular flexibility index (Phi) is 6.37. The minimum absolute atomic E-state index is 0.0688. The third-order valence-electron chi connectivity index (χ3n) is 3.48. The summed E-state index contributed by atoms with van der Waals surface area (Å²) in [4.78, 5) is 12.2. The quantitative estimate of drug-likeness (QED) is 0.723. The Morgan fingerprint density at radius 2 is 1.69 bits per heavy atom. The highest BCUT2D eigenvalue weighted by molar-refractivity contribution is 7.89. The lowest BCUT2D eigenvalue weighted by atomic mass is 10.2. The molecule has 0 spiro atoms. The number of hydrogen-bond donors (Lipinski definition) is 2. The van der Waals surface area contributed by atoms with Gasteiger partial charge in [0.05, 0.1) is 19.1 Å². The summed E-state index contributed by atoms with van der Waals surface area (Å²) in [5.41, 5.74) is 1.10. The van der Waals surface area contributed by atoms with Crippen LogP contribution in [-0.2, 0) is 14.8 Å². The molecule has 0 radical (unpaired) electrons. The molecule has 0 unspecified atom stereocenters. The van der Waals surface area contributed by atoms with Gasteiger partial charge in [-0.2, -0.15) is 0 Å². The molecule has 0 fully saturated rings. The van der Waals surface area contributed by atoms with Gasteiger partial charge in [0.15, 0.2) is 0 Å². The number of benzene rings is 2. The third kappa shape index (κ3) is 5.08. The van der Waals surface area contributed by atoms with E-state index in [-0.39, 0.29) is 4.90 Å². The van der Waals surface area contributed by atoms with Crippen LogP contribution in [0, 0.1) is 0 Å². The van der Waals surface area contributed by atoms with E-state index in [1.807, 2.05) is 0 Å². The molecular weight excluding hydrogens is 356 g/mol. The maximum Gasteiger partial charge on any atom is 0.248 e. The van der Waals surface area contributed by atoms with Crippen molar-refractivity contribution >= 4 is 27.7 Å². The van der Waals surface area contributed by atoms with Crippen molar-refractivity contribution in [2.45, 2.75) is 4.90 Å². The van der Waals surface area contributed by atoms with E-state index < -0.39 is 15.9 Å². The van der Waals surface area contributed by atoms with Crippen molar-refractivity contribution in [2.24, 2.45) is 0 Å². The molecule has 1 amide bonds. The normalized spacial score (nSPS) is 11.3. The molecule has 0 atom stereocenters. The summed E-state index contributed by atoms with van der Waals surface area (Å²) in [6, 6.07) is 11.2. The van der Waals surface area contributed by atoms with E-state index in [1.54, 1.807) is 50.6 Å². The highest BCUT2D eigenvalue weighted by Crippen LogP contribution is 2.23. The first-order valence-electron chi connectivity index (χ1n) is 7.63. The summed E-state index contributed by atoms with van der Waals surface area (Å²) in [5.74, 6) is 0.814. The topological polar surface area (TPSA) is 93.7 Å². The number of carbonyl (C=O) groups is 1. The number of carbonyl (C=O) groups excluding carboxylic acids is 1. The molecular formula is C18H20N2O5S. The number of ether oxygens (including phenoxy) is 2.